The van der Waals surface area contributed by atoms with E-state index in [0.717, 1.165) is 10.9 Å². The molecule has 0 saturated carbocycles. The van der Waals surface area contributed by atoms with Gasteiger partial charge in [0.15, 0.2) is 0 Å². The number of halogens is 1. The molecular formula is C19H16ClNO2S. The zero-order chi connectivity index (χ0) is 17.3. The fourth-order valence-electron chi connectivity index (χ4n) is 2.65. The summed E-state index contributed by atoms with van der Waals surface area (Å²) in [5.74, 6) is -0.406. The van der Waals surface area contributed by atoms with Crippen molar-refractivity contribution in [2.75, 3.05) is 0 Å². The summed E-state index contributed by atoms with van der Waals surface area (Å²) < 4.78 is 5.92. The lowest BCUT2D eigenvalue weighted by molar-refractivity contribution is 0.0381. The van der Waals surface area contributed by atoms with Gasteiger partial charge in [0.1, 0.15) is 4.64 Å². The first kappa shape index (κ1) is 16.7. The molecule has 0 bridgehead atoms. The Kier molecular flexibility index (Phi) is 4.69. The molecule has 0 saturated heterocycles. The van der Waals surface area contributed by atoms with Crippen molar-refractivity contribution in [1.29, 1.82) is 0 Å². The molecule has 3 nitrogen and oxygen atoms in total. The molecule has 122 valence electrons. The topological polar surface area (TPSA) is 42.1 Å². The Morgan fingerprint density at radius 3 is 2.50 bits per heavy atom. The minimum Gasteiger partial charge on any atom is -0.459 e. The number of H-pyrrole nitrogens is 1. The van der Waals surface area contributed by atoms with Crippen LogP contribution in [0, 0.1) is 4.64 Å². The molecule has 5 heteroatoms. The van der Waals surface area contributed by atoms with Crippen molar-refractivity contribution in [3.8, 4) is 11.1 Å². The van der Waals surface area contributed by atoms with Gasteiger partial charge in [-0.15, -0.1) is 0 Å². The predicted molar refractivity (Wildman–Crippen MR) is 100 cm³/mol. The number of benzene rings is 2. The molecule has 2 aromatic carbocycles. The summed E-state index contributed by atoms with van der Waals surface area (Å²) in [4.78, 5) is 16.0. The van der Waals surface area contributed by atoms with Crippen LogP contribution in [0.5, 0.6) is 0 Å². The van der Waals surface area contributed by atoms with Crippen molar-refractivity contribution in [3.63, 3.8) is 0 Å². The first-order valence-corrected chi connectivity index (χ1v) is 8.38. The second-order valence-corrected chi connectivity index (χ2v) is 6.50. The van der Waals surface area contributed by atoms with E-state index in [1.54, 1.807) is 6.07 Å². The Balaban J connectivity index is 2.40. The largest absolute Gasteiger partial charge is 0.459 e. The summed E-state index contributed by atoms with van der Waals surface area (Å²) in [7, 11) is 0. The van der Waals surface area contributed by atoms with Crippen LogP contribution in [0.1, 0.15) is 24.2 Å². The van der Waals surface area contributed by atoms with Gasteiger partial charge in [-0.25, -0.2) is 4.79 Å². The summed E-state index contributed by atoms with van der Waals surface area (Å²) in [5, 5.41) is 1.29. The quantitative estimate of drug-likeness (QED) is 0.477. The minimum atomic E-state index is -0.406. The number of hydrogen-bond donors (Lipinski definition) is 1. The third-order valence-corrected chi connectivity index (χ3v) is 4.25. The number of para-hydroxylation sites is 1. The van der Waals surface area contributed by atoms with Crippen molar-refractivity contribution in [2.45, 2.75) is 20.0 Å². The second kappa shape index (κ2) is 6.75. The third kappa shape index (κ3) is 3.07. The number of carbonyl (C=O) groups excluding carboxylic acids is 1. The molecule has 3 aromatic rings. The maximum Gasteiger partial charge on any atom is 0.339 e. The number of carbonyl (C=O) groups is 1. The Morgan fingerprint density at radius 2 is 1.79 bits per heavy atom. The van der Waals surface area contributed by atoms with Crippen molar-refractivity contribution in [2.24, 2.45) is 0 Å². The standard InChI is InChI=1S/C19H16ClNO2S/c1-11(2)23-19(22)17-13-8-4-6-10-15(13)21-18(24)16(17)12-7-3-5-9-14(12)20/h3-11H,1-2H3,(H,21,24). The van der Waals surface area contributed by atoms with Gasteiger partial charge in [-0.05, 0) is 26.0 Å². The molecule has 0 aliphatic rings. The zero-order valence-electron chi connectivity index (χ0n) is 13.3. The van der Waals surface area contributed by atoms with Crippen LogP contribution in [-0.2, 0) is 4.74 Å². The van der Waals surface area contributed by atoms with E-state index < -0.39 is 5.97 Å². The maximum absolute atomic E-state index is 12.8. The van der Waals surface area contributed by atoms with Crippen molar-refractivity contribution in [1.82, 2.24) is 4.98 Å². The SMILES string of the molecule is CC(C)OC(=O)c1c(-c2ccccc2Cl)c(=S)[nH]c2ccccc12. The number of aromatic nitrogens is 1. The highest BCUT2D eigenvalue weighted by atomic mass is 35.5. The van der Waals surface area contributed by atoms with Gasteiger partial charge in [-0.1, -0.05) is 60.2 Å². The average Bonchev–Trinajstić information content (AvgIpc) is 2.53. The van der Waals surface area contributed by atoms with Crippen molar-refractivity contribution < 1.29 is 9.53 Å². The van der Waals surface area contributed by atoms with Crippen LogP contribution in [0.4, 0.5) is 0 Å². The van der Waals surface area contributed by atoms with Gasteiger partial charge in [0.05, 0.1) is 11.7 Å². The number of esters is 1. The normalized spacial score (nSPS) is 11.0. The average molecular weight is 358 g/mol. The smallest absolute Gasteiger partial charge is 0.339 e. The monoisotopic (exact) mass is 357 g/mol. The summed E-state index contributed by atoms with van der Waals surface area (Å²) in [6.07, 6.45) is -0.229. The third-order valence-electron chi connectivity index (χ3n) is 3.61. The number of hydrogen-bond acceptors (Lipinski definition) is 3. The first-order valence-electron chi connectivity index (χ1n) is 7.60. The Bertz CT molecular complexity index is 979. The van der Waals surface area contributed by atoms with Gasteiger partial charge in [0.25, 0.3) is 0 Å². The molecule has 0 spiro atoms. The number of nitrogens with one attached hydrogen (secondary N) is 1. The van der Waals surface area contributed by atoms with Gasteiger partial charge in [0.2, 0.25) is 0 Å². The molecule has 0 fully saturated rings. The van der Waals surface area contributed by atoms with Crippen LogP contribution in [0.25, 0.3) is 22.0 Å². The predicted octanol–water partition coefficient (Wildman–Crippen LogP) is 5.78. The molecule has 0 aliphatic heterocycles. The van der Waals surface area contributed by atoms with E-state index in [-0.39, 0.29) is 6.10 Å². The lowest BCUT2D eigenvalue weighted by atomic mass is 9.97. The van der Waals surface area contributed by atoms with E-state index >= 15 is 0 Å². The number of fused-ring (bicyclic) bond motifs is 1. The van der Waals surface area contributed by atoms with Gasteiger partial charge in [-0.3, -0.25) is 0 Å². The maximum atomic E-state index is 12.8. The first-order chi connectivity index (χ1) is 11.5. The van der Waals surface area contributed by atoms with Crippen LogP contribution in [-0.4, -0.2) is 17.1 Å². The number of pyridine rings is 1. The van der Waals surface area contributed by atoms with Crippen LogP contribution >= 0.6 is 23.8 Å². The van der Waals surface area contributed by atoms with Crippen molar-refractivity contribution >= 4 is 40.7 Å². The summed E-state index contributed by atoms with van der Waals surface area (Å²) in [6, 6.07) is 14.8. The van der Waals surface area contributed by atoms with E-state index in [2.05, 4.69) is 4.98 Å². The van der Waals surface area contributed by atoms with Crippen molar-refractivity contribution in [3.05, 3.63) is 63.8 Å². The number of rotatable bonds is 3. The van der Waals surface area contributed by atoms with E-state index in [4.69, 9.17) is 28.6 Å². The fraction of sp³-hybridized carbons (Fsp3) is 0.158. The van der Waals surface area contributed by atoms with E-state index in [1.165, 1.54) is 0 Å². The highest BCUT2D eigenvalue weighted by Crippen LogP contribution is 2.35. The van der Waals surface area contributed by atoms with Gasteiger partial charge < -0.3 is 9.72 Å². The van der Waals surface area contributed by atoms with E-state index in [0.29, 0.717) is 26.4 Å². The fourth-order valence-corrected chi connectivity index (χ4v) is 3.20. The van der Waals surface area contributed by atoms with Crippen LogP contribution in [0.3, 0.4) is 0 Å². The van der Waals surface area contributed by atoms with Crippen LogP contribution < -0.4 is 0 Å². The van der Waals surface area contributed by atoms with Gasteiger partial charge in [0, 0.05) is 27.1 Å². The molecule has 0 amide bonds. The summed E-state index contributed by atoms with van der Waals surface area (Å²) in [6.45, 7) is 3.64. The molecule has 0 atom stereocenters. The zero-order valence-corrected chi connectivity index (χ0v) is 14.9. The van der Waals surface area contributed by atoms with E-state index in [9.17, 15) is 4.79 Å². The lowest BCUT2D eigenvalue weighted by Crippen LogP contribution is -2.14. The highest BCUT2D eigenvalue weighted by molar-refractivity contribution is 7.71. The van der Waals surface area contributed by atoms with Crippen LogP contribution in [0.2, 0.25) is 5.02 Å². The number of ether oxygens (including phenoxy) is 1. The molecule has 0 radical (unpaired) electrons. The molecule has 3 rings (SSSR count). The van der Waals surface area contributed by atoms with Gasteiger partial charge >= 0.3 is 5.97 Å². The minimum absolute atomic E-state index is 0.229. The summed E-state index contributed by atoms with van der Waals surface area (Å²) in [5.41, 5.74) is 2.53. The molecule has 1 heterocycles. The molecule has 0 unspecified atom stereocenters. The summed E-state index contributed by atoms with van der Waals surface area (Å²) >= 11 is 11.9. The molecule has 1 aromatic heterocycles. The molecule has 0 aliphatic carbocycles. The Morgan fingerprint density at radius 1 is 1.12 bits per heavy atom. The van der Waals surface area contributed by atoms with Gasteiger partial charge in [-0.2, -0.15) is 0 Å². The lowest BCUT2D eigenvalue weighted by Gasteiger charge is -2.15. The Labute approximate surface area is 150 Å². The molecular weight excluding hydrogens is 342 g/mol. The highest BCUT2D eigenvalue weighted by Gasteiger charge is 2.22. The van der Waals surface area contributed by atoms with Crippen LogP contribution in [0.15, 0.2) is 48.5 Å². The molecule has 1 N–H and O–H groups in total. The van der Waals surface area contributed by atoms with E-state index in [1.807, 2.05) is 56.3 Å². The molecule has 24 heavy (non-hydrogen) atoms. The number of aromatic amines is 1. The Hall–Kier alpha value is -2.17. The second-order valence-electron chi connectivity index (χ2n) is 5.68.